The molecule has 0 aliphatic rings. The molecule has 5 heteroatoms. The van der Waals surface area contributed by atoms with Crippen LogP contribution in [0.2, 0.25) is 0 Å². The maximum absolute atomic E-state index is 11.8. The molecule has 5 nitrogen and oxygen atoms in total. The van der Waals surface area contributed by atoms with Crippen LogP contribution in [0.4, 0.5) is 4.79 Å². The molecular weight excluding hydrogens is 234 g/mol. The number of carbonyl (C=O) groups is 2. The van der Waals surface area contributed by atoms with Gasteiger partial charge in [0, 0.05) is 7.05 Å². The molecule has 1 aromatic heterocycles. The van der Waals surface area contributed by atoms with Crippen LogP contribution >= 0.6 is 0 Å². The largest absolute Gasteiger partial charge is 0.461 e. The second-order valence-electron chi connectivity index (χ2n) is 5.25. The van der Waals surface area contributed by atoms with Crippen LogP contribution in [-0.2, 0) is 4.74 Å². The number of ether oxygens (including phenoxy) is 1. The summed E-state index contributed by atoms with van der Waals surface area (Å²) in [5, 5.41) is 0. The molecule has 0 spiro atoms. The molecule has 0 aliphatic carbocycles. The number of carbonyl (C=O) groups excluding carboxylic acids is 2. The van der Waals surface area contributed by atoms with Gasteiger partial charge in [0.15, 0.2) is 5.76 Å². The first-order valence-electron chi connectivity index (χ1n) is 5.71. The molecular formula is C13H19NO4. The zero-order valence-electron chi connectivity index (χ0n) is 11.4. The highest BCUT2D eigenvalue weighted by molar-refractivity contribution is 5.96. The fourth-order valence-electron chi connectivity index (χ4n) is 1.28. The zero-order valence-corrected chi connectivity index (χ0v) is 11.4. The van der Waals surface area contributed by atoms with E-state index in [2.05, 4.69) is 0 Å². The van der Waals surface area contributed by atoms with E-state index in [0.29, 0.717) is 0 Å². The van der Waals surface area contributed by atoms with Gasteiger partial charge in [0.1, 0.15) is 5.60 Å². The van der Waals surface area contributed by atoms with Gasteiger partial charge in [0.05, 0.1) is 12.8 Å². The standard InChI is InChI=1S/C13H19NO4/c1-9-6-11(17-8-9)10(15)7-14(5)12(16)18-13(2,3)4/h6,8H,7H2,1-5H3. The van der Waals surface area contributed by atoms with Gasteiger partial charge in [0.25, 0.3) is 0 Å². The van der Waals surface area contributed by atoms with Crippen LogP contribution in [-0.4, -0.2) is 36.0 Å². The average Bonchev–Trinajstić information content (AvgIpc) is 2.62. The number of rotatable bonds is 3. The summed E-state index contributed by atoms with van der Waals surface area (Å²) in [7, 11) is 1.52. The minimum Gasteiger partial charge on any atom is -0.461 e. The van der Waals surface area contributed by atoms with Crippen molar-refractivity contribution in [2.24, 2.45) is 0 Å². The van der Waals surface area contributed by atoms with E-state index in [4.69, 9.17) is 9.15 Å². The molecule has 0 saturated carbocycles. The molecule has 0 aliphatic heterocycles. The first-order valence-corrected chi connectivity index (χ1v) is 5.71. The molecule has 0 saturated heterocycles. The summed E-state index contributed by atoms with van der Waals surface area (Å²) >= 11 is 0. The summed E-state index contributed by atoms with van der Waals surface area (Å²) in [5.41, 5.74) is 0.300. The first kappa shape index (κ1) is 14.3. The molecule has 1 rings (SSSR count). The van der Waals surface area contributed by atoms with E-state index in [1.165, 1.54) is 18.2 Å². The van der Waals surface area contributed by atoms with Gasteiger partial charge in [-0.05, 0) is 39.3 Å². The summed E-state index contributed by atoms with van der Waals surface area (Å²) in [6.45, 7) is 7.09. The monoisotopic (exact) mass is 253 g/mol. The Labute approximate surface area is 107 Å². The highest BCUT2D eigenvalue weighted by Crippen LogP contribution is 2.11. The molecule has 0 aromatic carbocycles. The molecule has 100 valence electrons. The second-order valence-corrected chi connectivity index (χ2v) is 5.25. The number of hydrogen-bond donors (Lipinski definition) is 0. The zero-order chi connectivity index (χ0) is 13.9. The highest BCUT2D eigenvalue weighted by Gasteiger charge is 2.22. The van der Waals surface area contributed by atoms with Crippen molar-refractivity contribution in [1.29, 1.82) is 0 Å². The lowest BCUT2D eigenvalue weighted by molar-refractivity contribution is 0.0293. The van der Waals surface area contributed by atoms with Crippen molar-refractivity contribution in [3.8, 4) is 0 Å². The van der Waals surface area contributed by atoms with E-state index in [0.717, 1.165) is 5.56 Å². The molecule has 0 radical (unpaired) electrons. The molecule has 1 heterocycles. The van der Waals surface area contributed by atoms with Gasteiger partial charge in [-0.3, -0.25) is 4.79 Å². The number of furan rings is 1. The molecule has 0 bridgehead atoms. The van der Waals surface area contributed by atoms with Crippen LogP contribution in [0, 0.1) is 6.92 Å². The van der Waals surface area contributed by atoms with E-state index in [1.807, 2.05) is 6.92 Å². The van der Waals surface area contributed by atoms with Crippen LogP contribution in [0.1, 0.15) is 36.9 Å². The summed E-state index contributed by atoms with van der Waals surface area (Å²) in [4.78, 5) is 24.7. The number of ketones is 1. The first-order chi connectivity index (χ1) is 8.19. The maximum Gasteiger partial charge on any atom is 0.410 e. The van der Waals surface area contributed by atoms with Crippen molar-refractivity contribution in [3.05, 3.63) is 23.7 Å². The molecule has 18 heavy (non-hydrogen) atoms. The van der Waals surface area contributed by atoms with Crippen molar-refractivity contribution in [1.82, 2.24) is 4.90 Å². The Morgan fingerprint density at radius 1 is 1.39 bits per heavy atom. The van der Waals surface area contributed by atoms with Crippen LogP contribution < -0.4 is 0 Å². The summed E-state index contributed by atoms with van der Waals surface area (Å²) in [5.74, 6) is -0.000585. The van der Waals surface area contributed by atoms with Crippen molar-refractivity contribution in [2.75, 3.05) is 13.6 Å². The van der Waals surface area contributed by atoms with Crippen molar-refractivity contribution < 1.29 is 18.7 Å². The molecule has 0 atom stereocenters. The van der Waals surface area contributed by atoms with Crippen molar-refractivity contribution in [3.63, 3.8) is 0 Å². The molecule has 0 N–H and O–H groups in total. The van der Waals surface area contributed by atoms with Crippen LogP contribution in [0.3, 0.4) is 0 Å². The number of Topliss-reactive ketones (excluding diaryl/α,β-unsaturated/α-hetero) is 1. The maximum atomic E-state index is 11.8. The van der Waals surface area contributed by atoms with Gasteiger partial charge in [0.2, 0.25) is 5.78 Å². The molecule has 1 aromatic rings. The normalized spacial score (nSPS) is 11.2. The van der Waals surface area contributed by atoms with Crippen molar-refractivity contribution >= 4 is 11.9 Å². The third-order valence-corrected chi connectivity index (χ3v) is 2.09. The number of likely N-dealkylation sites (N-methyl/N-ethyl adjacent to an activating group) is 1. The van der Waals surface area contributed by atoms with Crippen LogP contribution in [0.5, 0.6) is 0 Å². The lowest BCUT2D eigenvalue weighted by Gasteiger charge is -2.23. The Bertz CT molecular complexity index is 442. The summed E-state index contributed by atoms with van der Waals surface area (Å²) < 4.78 is 10.2. The highest BCUT2D eigenvalue weighted by atomic mass is 16.6. The van der Waals surface area contributed by atoms with Gasteiger partial charge >= 0.3 is 6.09 Å². The Balaban J connectivity index is 2.57. The third kappa shape index (κ3) is 4.24. The number of nitrogens with zero attached hydrogens (tertiary/aromatic N) is 1. The summed E-state index contributed by atoms with van der Waals surface area (Å²) in [6, 6.07) is 1.64. The summed E-state index contributed by atoms with van der Waals surface area (Å²) in [6.07, 6.45) is 0.972. The quantitative estimate of drug-likeness (QED) is 0.777. The predicted octanol–water partition coefficient (Wildman–Crippen LogP) is 2.64. The Morgan fingerprint density at radius 3 is 2.44 bits per heavy atom. The predicted molar refractivity (Wildman–Crippen MR) is 66.6 cm³/mol. The SMILES string of the molecule is Cc1coc(C(=O)CN(C)C(=O)OC(C)(C)C)c1. The van der Waals surface area contributed by atoms with Gasteiger partial charge in [-0.15, -0.1) is 0 Å². The Morgan fingerprint density at radius 2 is 2.00 bits per heavy atom. The third-order valence-electron chi connectivity index (χ3n) is 2.09. The van der Waals surface area contributed by atoms with E-state index in [1.54, 1.807) is 26.8 Å². The lowest BCUT2D eigenvalue weighted by atomic mass is 10.2. The van der Waals surface area contributed by atoms with Gasteiger partial charge in [-0.25, -0.2) is 4.79 Å². The van der Waals surface area contributed by atoms with Crippen molar-refractivity contribution in [2.45, 2.75) is 33.3 Å². The van der Waals surface area contributed by atoms with Gasteiger partial charge < -0.3 is 14.1 Å². The molecule has 0 fully saturated rings. The van der Waals surface area contributed by atoms with E-state index < -0.39 is 11.7 Å². The van der Waals surface area contributed by atoms with E-state index in [9.17, 15) is 9.59 Å². The van der Waals surface area contributed by atoms with Gasteiger partial charge in [-0.1, -0.05) is 0 Å². The number of hydrogen-bond acceptors (Lipinski definition) is 4. The van der Waals surface area contributed by atoms with Gasteiger partial charge in [-0.2, -0.15) is 0 Å². The fraction of sp³-hybridized carbons (Fsp3) is 0.538. The van der Waals surface area contributed by atoms with E-state index in [-0.39, 0.29) is 18.1 Å². The van der Waals surface area contributed by atoms with Crippen LogP contribution in [0.15, 0.2) is 16.7 Å². The van der Waals surface area contributed by atoms with E-state index >= 15 is 0 Å². The molecule has 0 unspecified atom stereocenters. The smallest absolute Gasteiger partial charge is 0.410 e. The van der Waals surface area contributed by atoms with Crippen LogP contribution in [0.25, 0.3) is 0 Å². The average molecular weight is 253 g/mol. The Hall–Kier alpha value is -1.78. The fourth-order valence-corrected chi connectivity index (χ4v) is 1.28. The lowest BCUT2D eigenvalue weighted by Crippen LogP contribution is -2.37. The minimum absolute atomic E-state index is 0.0676. The number of amides is 1. The second kappa shape index (κ2) is 5.25. The molecule has 1 amide bonds. The minimum atomic E-state index is -0.574. The number of aryl methyl sites for hydroxylation is 1. The topological polar surface area (TPSA) is 59.8 Å². The Kier molecular flexibility index (Phi) is 4.16.